The van der Waals surface area contributed by atoms with E-state index in [0.717, 1.165) is 12.8 Å². The molecule has 0 atom stereocenters. The van der Waals surface area contributed by atoms with Crippen molar-refractivity contribution >= 4 is 15.9 Å². The number of hydrogen-bond acceptors (Lipinski definition) is 4. The first-order valence-corrected chi connectivity index (χ1v) is 8.70. The van der Waals surface area contributed by atoms with Crippen molar-refractivity contribution in [1.29, 1.82) is 0 Å². The first kappa shape index (κ1) is 16.0. The van der Waals surface area contributed by atoms with Crippen LogP contribution in [0.5, 0.6) is 0 Å². The first-order chi connectivity index (χ1) is 9.75. The molecular weight excluding hydrogens is 292 g/mol. The predicted molar refractivity (Wildman–Crippen MR) is 78.4 cm³/mol. The van der Waals surface area contributed by atoms with Crippen LogP contribution in [-0.2, 0) is 10.0 Å². The number of rotatable bonds is 6. The third-order valence-electron chi connectivity index (χ3n) is 3.66. The summed E-state index contributed by atoms with van der Waals surface area (Å²) < 4.78 is 23.7. The largest absolute Gasteiger partial charge is 0.337 e. The minimum atomic E-state index is -4.01. The summed E-state index contributed by atoms with van der Waals surface area (Å²) >= 11 is 0. The minimum Gasteiger partial charge on any atom is -0.337 e. The molecule has 1 aromatic heterocycles. The number of primary sulfonamides is 1. The van der Waals surface area contributed by atoms with Gasteiger partial charge in [0.15, 0.2) is 5.69 Å². The van der Waals surface area contributed by atoms with Crippen LogP contribution in [0.2, 0.25) is 0 Å². The molecule has 1 saturated carbocycles. The van der Waals surface area contributed by atoms with E-state index in [-0.39, 0.29) is 22.4 Å². The highest BCUT2D eigenvalue weighted by atomic mass is 32.2. The van der Waals surface area contributed by atoms with Crippen LogP contribution in [-0.4, -0.2) is 42.5 Å². The maximum atomic E-state index is 12.6. The number of H-pyrrole nitrogens is 1. The zero-order valence-corrected chi connectivity index (χ0v) is 13.4. The summed E-state index contributed by atoms with van der Waals surface area (Å²) in [5, 5.41) is 11.9. The van der Waals surface area contributed by atoms with Crippen LogP contribution in [0.25, 0.3) is 0 Å². The molecule has 2 rings (SSSR count). The number of carbonyl (C=O) groups excluding carboxylic acids is 1. The lowest BCUT2D eigenvalue weighted by Gasteiger charge is -2.20. The molecule has 0 radical (unpaired) electrons. The Hall–Kier alpha value is -1.41. The standard InChI is InChI=1S/C13H22N4O3S/c1-4-17(7-9-5-6-9)13(18)11-12(21(14,19)20)10(8(2)3)15-16-11/h8-9H,4-7H2,1-3H3,(H,15,16)(H2,14,19,20). The van der Waals surface area contributed by atoms with Crippen LogP contribution in [0.1, 0.15) is 55.7 Å². The van der Waals surface area contributed by atoms with Crippen LogP contribution in [0, 0.1) is 5.92 Å². The highest BCUT2D eigenvalue weighted by Gasteiger charge is 2.33. The summed E-state index contributed by atoms with van der Waals surface area (Å²) in [5.41, 5.74) is 0.284. The lowest BCUT2D eigenvalue weighted by molar-refractivity contribution is 0.0747. The molecule has 0 spiro atoms. The number of amides is 1. The quantitative estimate of drug-likeness (QED) is 0.818. The molecule has 1 heterocycles. The van der Waals surface area contributed by atoms with Crippen LogP contribution in [0.3, 0.4) is 0 Å². The second-order valence-electron chi connectivity index (χ2n) is 5.80. The van der Waals surface area contributed by atoms with Gasteiger partial charge in [0.1, 0.15) is 4.90 Å². The zero-order valence-electron chi connectivity index (χ0n) is 12.6. The Balaban J connectivity index is 2.40. The van der Waals surface area contributed by atoms with E-state index in [2.05, 4.69) is 10.2 Å². The van der Waals surface area contributed by atoms with Crippen LogP contribution in [0.4, 0.5) is 0 Å². The van der Waals surface area contributed by atoms with Gasteiger partial charge in [-0.15, -0.1) is 0 Å². The number of nitrogens with two attached hydrogens (primary N) is 1. The topological polar surface area (TPSA) is 109 Å². The fraction of sp³-hybridized carbons (Fsp3) is 0.692. The van der Waals surface area contributed by atoms with Crippen molar-refractivity contribution in [1.82, 2.24) is 15.1 Å². The van der Waals surface area contributed by atoms with Crippen molar-refractivity contribution in [2.75, 3.05) is 13.1 Å². The van der Waals surface area contributed by atoms with Gasteiger partial charge in [0, 0.05) is 13.1 Å². The lowest BCUT2D eigenvalue weighted by atomic mass is 10.1. The Kier molecular flexibility index (Phi) is 4.38. The molecule has 1 amide bonds. The van der Waals surface area contributed by atoms with Gasteiger partial charge in [-0.3, -0.25) is 9.89 Å². The third kappa shape index (κ3) is 3.44. The van der Waals surface area contributed by atoms with Crippen molar-refractivity contribution in [2.24, 2.45) is 11.1 Å². The van der Waals surface area contributed by atoms with Crippen molar-refractivity contribution in [3.05, 3.63) is 11.4 Å². The van der Waals surface area contributed by atoms with Crippen LogP contribution >= 0.6 is 0 Å². The minimum absolute atomic E-state index is 0.0938. The van der Waals surface area contributed by atoms with E-state index in [1.54, 1.807) is 4.90 Å². The Labute approximate surface area is 124 Å². The molecule has 1 aliphatic rings. The van der Waals surface area contributed by atoms with Crippen molar-refractivity contribution < 1.29 is 13.2 Å². The molecule has 0 saturated heterocycles. The van der Waals surface area contributed by atoms with Gasteiger partial charge in [-0.25, -0.2) is 13.6 Å². The molecule has 3 N–H and O–H groups in total. The highest BCUT2D eigenvalue weighted by Crippen LogP contribution is 2.31. The van der Waals surface area contributed by atoms with E-state index in [1.807, 2.05) is 20.8 Å². The van der Waals surface area contributed by atoms with Crippen molar-refractivity contribution in [3.63, 3.8) is 0 Å². The van der Waals surface area contributed by atoms with Crippen LogP contribution in [0.15, 0.2) is 4.90 Å². The molecule has 1 fully saturated rings. The number of aromatic nitrogens is 2. The smallest absolute Gasteiger partial charge is 0.275 e. The number of hydrogen-bond donors (Lipinski definition) is 2. The van der Waals surface area contributed by atoms with Gasteiger partial charge in [-0.05, 0) is 31.6 Å². The van der Waals surface area contributed by atoms with E-state index in [9.17, 15) is 13.2 Å². The Bertz CT molecular complexity index is 632. The molecule has 0 aromatic carbocycles. The molecular formula is C13H22N4O3S. The number of nitrogens with one attached hydrogen (secondary N) is 1. The average molecular weight is 314 g/mol. The van der Waals surface area contributed by atoms with Gasteiger partial charge in [-0.2, -0.15) is 5.10 Å². The van der Waals surface area contributed by atoms with Gasteiger partial charge in [0.2, 0.25) is 10.0 Å². The summed E-state index contributed by atoms with van der Waals surface area (Å²) in [4.78, 5) is 14.0. The van der Waals surface area contributed by atoms with Crippen molar-refractivity contribution in [2.45, 2.75) is 44.4 Å². The first-order valence-electron chi connectivity index (χ1n) is 7.16. The SMILES string of the molecule is CCN(CC1CC1)C(=O)c1n[nH]c(C(C)C)c1S(N)(=O)=O. The number of carbonyl (C=O) groups is 1. The van der Waals surface area contributed by atoms with E-state index in [4.69, 9.17) is 5.14 Å². The average Bonchev–Trinajstić information content (AvgIpc) is 3.07. The summed E-state index contributed by atoms with van der Waals surface area (Å²) in [6, 6.07) is 0. The Morgan fingerprint density at radius 3 is 2.52 bits per heavy atom. The maximum Gasteiger partial charge on any atom is 0.275 e. The summed E-state index contributed by atoms with van der Waals surface area (Å²) in [6.07, 6.45) is 2.23. The molecule has 1 aliphatic carbocycles. The highest BCUT2D eigenvalue weighted by molar-refractivity contribution is 7.89. The second-order valence-corrected chi connectivity index (χ2v) is 7.30. The number of nitrogens with zero attached hydrogens (tertiary/aromatic N) is 2. The molecule has 8 heteroatoms. The normalized spacial score (nSPS) is 15.5. The molecule has 7 nitrogen and oxygen atoms in total. The molecule has 1 aromatic rings. The van der Waals surface area contributed by atoms with Crippen molar-refractivity contribution in [3.8, 4) is 0 Å². The van der Waals surface area contributed by atoms with Crippen LogP contribution < -0.4 is 5.14 Å². The van der Waals surface area contributed by atoms with Gasteiger partial charge >= 0.3 is 0 Å². The predicted octanol–water partition coefficient (Wildman–Crippen LogP) is 1.05. The van der Waals surface area contributed by atoms with E-state index in [0.29, 0.717) is 24.7 Å². The summed E-state index contributed by atoms with van der Waals surface area (Å²) in [6.45, 7) is 6.66. The van der Waals surface area contributed by atoms with E-state index in [1.165, 1.54) is 0 Å². The second kappa shape index (κ2) is 5.76. The summed E-state index contributed by atoms with van der Waals surface area (Å²) in [7, 11) is -4.01. The van der Waals surface area contributed by atoms with Gasteiger partial charge in [0.25, 0.3) is 5.91 Å². The van der Waals surface area contributed by atoms with E-state index >= 15 is 0 Å². The van der Waals surface area contributed by atoms with Gasteiger partial charge < -0.3 is 4.90 Å². The van der Waals surface area contributed by atoms with Gasteiger partial charge in [-0.1, -0.05) is 13.8 Å². The van der Waals surface area contributed by atoms with Gasteiger partial charge in [0.05, 0.1) is 5.69 Å². The number of aromatic amines is 1. The molecule has 21 heavy (non-hydrogen) atoms. The molecule has 0 aliphatic heterocycles. The Morgan fingerprint density at radius 2 is 2.10 bits per heavy atom. The fourth-order valence-corrected chi connectivity index (χ4v) is 3.28. The summed E-state index contributed by atoms with van der Waals surface area (Å²) in [5.74, 6) is 0.0257. The molecule has 118 valence electrons. The monoisotopic (exact) mass is 314 g/mol. The van der Waals surface area contributed by atoms with E-state index < -0.39 is 10.0 Å². The molecule has 0 unspecified atom stereocenters. The molecule has 0 bridgehead atoms. The third-order valence-corrected chi connectivity index (χ3v) is 4.64. The lowest BCUT2D eigenvalue weighted by Crippen LogP contribution is -2.34. The zero-order chi connectivity index (χ0) is 15.8. The number of sulfonamides is 1. The maximum absolute atomic E-state index is 12.6. The Morgan fingerprint density at radius 1 is 1.48 bits per heavy atom. The fourth-order valence-electron chi connectivity index (χ4n) is 2.29.